The van der Waals surface area contributed by atoms with Crippen molar-refractivity contribution in [1.29, 1.82) is 0 Å². The first-order chi connectivity index (χ1) is 9.02. The van der Waals surface area contributed by atoms with Gasteiger partial charge in [0, 0.05) is 24.0 Å². The van der Waals surface area contributed by atoms with Crippen LogP contribution in [0.2, 0.25) is 4.34 Å². The minimum absolute atomic E-state index is 0.465. The van der Waals surface area contributed by atoms with Crippen LogP contribution in [0, 0.1) is 13.8 Å². The number of nitrogens with two attached hydrogens (primary N) is 1. The summed E-state index contributed by atoms with van der Waals surface area (Å²) in [7, 11) is 1.99. The number of rotatable bonds is 4. The van der Waals surface area contributed by atoms with Gasteiger partial charge in [0.15, 0.2) is 5.82 Å². The summed E-state index contributed by atoms with van der Waals surface area (Å²) >= 11 is 7.52. The van der Waals surface area contributed by atoms with Crippen molar-refractivity contribution in [2.45, 2.75) is 26.9 Å². The highest BCUT2D eigenvalue weighted by Crippen LogP contribution is 2.26. The van der Waals surface area contributed by atoms with Crippen molar-refractivity contribution in [2.75, 3.05) is 11.9 Å². The van der Waals surface area contributed by atoms with E-state index in [1.807, 2.05) is 33.0 Å². The normalized spacial score (nSPS) is 10.8. The van der Waals surface area contributed by atoms with Gasteiger partial charge in [-0.15, -0.1) is 16.4 Å². The Bertz CT molecular complexity index is 582. The molecular formula is C13H17ClN4S. The molecular weight excluding hydrogens is 280 g/mol. The van der Waals surface area contributed by atoms with Crippen molar-refractivity contribution in [3.05, 3.63) is 38.2 Å². The van der Waals surface area contributed by atoms with Crippen molar-refractivity contribution in [2.24, 2.45) is 5.73 Å². The summed E-state index contributed by atoms with van der Waals surface area (Å²) in [6.45, 7) is 5.20. The van der Waals surface area contributed by atoms with Gasteiger partial charge in [-0.25, -0.2) is 0 Å². The lowest BCUT2D eigenvalue weighted by molar-refractivity contribution is 0.829. The van der Waals surface area contributed by atoms with Crippen LogP contribution in [0.15, 0.2) is 12.1 Å². The third-order valence-corrected chi connectivity index (χ3v) is 4.36. The van der Waals surface area contributed by atoms with Gasteiger partial charge in [-0.2, -0.15) is 5.10 Å². The maximum Gasteiger partial charge on any atom is 0.156 e. The molecule has 0 aliphatic rings. The molecule has 2 N–H and O–H groups in total. The highest BCUT2D eigenvalue weighted by atomic mass is 35.5. The van der Waals surface area contributed by atoms with Crippen molar-refractivity contribution < 1.29 is 0 Å². The van der Waals surface area contributed by atoms with Crippen LogP contribution >= 0.6 is 22.9 Å². The summed E-state index contributed by atoms with van der Waals surface area (Å²) in [5, 5.41) is 8.47. The lowest BCUT2D eigenvalue weighted by Crippen LogP contribution is -2.21. The Morgan fingerprint density at radius 2 is 2.05 bits per heavy atom. The topological polar surface area (TPSA) is 55.0 Å². The molecule has 2 aromatic rings. The summed E-state index contributed by atoms with van der Waals surface area (Å²) in [6.07, 6.45) is 0. The van der Waals surface area contributed by atoms with Gasteiger partial charge < -0.3 is 10.6 Å². The fraction of sp³-hybridized carbons (Fsp3) is 0.385. The lowest BCUT2D eigenvalue weighted by atomic mass is 10.1. The zero-order valence-corrected chi connectivity index (χ0v) is 12.8. The highest BCUT2D eigenvalue weighted by molar-refractivity contribution is 7.16. The van der Waals surface area contributed by atoms with E-state index in [1.54, 1.807) is 11.3 Å². The maximum absolute atomic E-state index is 5.95. The second kappa shape index (κ2) is 5.86. The number of halogens is 1. The Morgan fingerprint density at radius 1 is 1.32 bits per heavy atom. The van der Waals surface area contributed by atoms with Crippen LogP contribution in [0.3, 0.4) is 0 Å². The predicted octanol–water partition coefficient (Wildman–Crippen LogP) is 2.90. The third kappa shape index (κ3) is 3.05. The Kier molecular flexibility index (Phi) is 4.39. The van der Waals surface area contributed by atoms with Gasteiger partial charge in [0.2, 0.25) is 0 Å². The molecule has 0 aliphatic heterocycles. The zero-order valence-electron chi connectivity index (χ0n) is 11.3. The molecule has 0 atom stereocenters. The van der Waals surface area contributed by atoms with Gasteiger partial charge in [0.25, 0.3) is 0 Å². The number of anilines is 1. The average Bonchev–Trinajstić information content (AvgIpc) is 2.77. The molecule has 0 aromatic carbocycles. The average molecular weight is 297 g/mol. The van der Waals surface area contributed by atoms with E-state index in [9.17, 15) is 0 Å². The third-order valence-electron chi connectivity index (χ3n) is 3.15. The number of hydrogen-bond donors (Lipinski definition) is 1. The molecule has 0 unspecified atom stereocenters. The molecule has 102 valence electrons. The Labute approximate surface area is 122 Å². The standard InChI is InChI=1S/C13H17ClN4S/c1-8-9(2)16-17-13(11(8)6-15)18(3)7-10-4-5-12(14)19-10/h4-5H,6-7,15H2,1-3H3. The van der Waals surface area contributed by atoms with E-state index in [0.29, 0.717) is 6.54 Å². The molecule has 2 rings (SSSR count). The molecule has 2 heterocycles. The number of nitrogens with zero attached hydrogens (tertiary/aromatic N) is 3. The van der Waals surface area contributed by atoms with E-state index < -0.39 is 0 Å². The summed E-state index contributed by atoms with van der Waals surface area (Å²) in [5.41, 5.74) is 8.94. The quantitative estimate of drug-likeness (QED) is 0.942. The maximum atomic E-state index is 5.95. The van der Waals surface area contributed by atoms with Gasteiger partial charge in [-0.05, 0) is 31.5 Å². The van der Waals surface area contributed by atoms with Crippen molar-refractivity contribution in [1.82, 2.24) is 10.2 Å². The molecule has 0 saturated heterocycles. The molecule has 0 radical (unpaired) electrons. The fourth-order valence-corrected chi connectivity index (χ4v) is 3.08. The van der Waals surface area contributed by atoms with Gasteiger partial charge in [0.05, 0.1) is 16.6 Å². The monoisotopic (exact) mass is 296 g/mol. The summed E-state index contributed by atoms with van der Waals surface area (Å²) in [5.74, 6) is 0.843. The second-order valence-electron chi connectivity index (χ2n) is 4.48. The SMILES string of the molecule is Cc1nnc(N(C)Cc2ccc(Cl)s2)c(CN)c1C. The lowest BCUT2D eigenvalue weighted by Gasteiger charge is -2.21. The number of hydrogen-bond acceptors (Lipinski definition) is 5. The molecule has 0 bridgehead atoms. The summed E-state index contributed by atoms with van der Waals surface area (Å²) < 4.78 is 0.800. The van der Waals surface area contributed by atoms with Crippen LogP contribution in [0.1, 0.15) is 21.7 Å². The first kappa shape index (κ1) is 14.2. The molecule has 0 aliphatic carbocycles. The van der Waals surface area contributed by atoms with Crippen LogP contribution in [0.5, 0.6) is 0 Å². The van der Waals surface area contributed by atoms with Crippen LogP contribution < -0.4 is 10.6 Å². The van der Waals surface area contributed by atoms with Gasteiger partial charge in [-0.1, -0.05) is 11.6 Å². The number of thiophene rings is 1. The van der Waals surface area contributed by atoms with E-state index in [0.717, 1.165) is 33.5 Å². The molecule has 4 nitrogen and oxygen atoms in total. The molecule has 0 amide bonds. The molecule has 6 heteroatoms. The van der Waals surface area contributed by atoms with Crippen LogP contribution in [0.4, 0.5) is 5.82 Å². The largest absolute Gasteiger partial charge is 0.353 e. The summed E-state index contributed by atoms with van der Waals surface area (Å²) in [4.78, 5) is 3.25. The van der Waals surface area contributed by atoms with Gasteiger partial charge in [0.1, 0.15) is 0 Å². The van der Waals surface area contributed by atoms with E-state index >= 15 is 0 Å². The van der Waals surface area contributed by atoms with E-state index in [-0.39, 0.29) is 0 Å². The first-order valence-electron chi connectivity index (χ1n) is 6.01. The van der Waals surface area contributed by atoms with E-state index in [1.165, 1.54) is 4.88 Å². The smallest absolute Gasteiger partial charge is 0.156 e. The number of aryl methyl sites for hydroxylation is 1. The summed E-state index contributed by atoms with van der Waals surface area (Å²) in [6, 6.07) is 3.94. The van der Waals surface area contributed by atoms with Gasteiger partial charge >= 0.3 is 0 Å². The Morgan fingerprint density at radius 3 is 2.63 bits per heavy atom. The minimum Gasteiger partial charge on any atom is -0.353 e. The molecule has 0 saturated carbocycles. The number of aromatic nitrogens is 2. The van der Waals surface area contributed by atoms with Crippen molar-refractivity contribution >= 4 is 28.8 Å². The zero-order chi connectivity index (χ0) is 14.0. The fourth-order valence-electron chi connectivity index (χ4n) is 1.94. The van der Waals surface area contributed by atoms with Crippen molar-refractivity contribution in [3.63, 3.8) is 0 Å². The highest BCUT2D eigenvalue weighted by Gasteiger charge is 2.14. The van der Waals surface area contributed by atoms with Gasteiger partial charge in [-0.3, -0.25) is 0 Å². The molecule has 0 fully saturated rings. The predicted molar refractivity (Wildman–Crippen MR) is 80.8 cm³/mol. The van der Waals surface area contributed by atoms with E-state index in [4.69, 9.17) is 17.3 Å². The van der Waals surface area contributed by atoms with Crippen LogP contribution in [-0.2, 0) is 13.1 Å². The second-order valence-corrected chi connectivity index (χ2v) is 6.28. The minimum atomic E-state index is 0.465. The van der Waals surface area contributed by atoms with Crippen LogP contribution in [0.25, 0.3) is 0 Å². The van der Waals surface area contributed by atoms with Crippen LogP contribution in [-0.4, -0.2) is 17.2 Å². The molecule has 0 spiro atoms. The first-order valence-corrected chi connectivity index (χ1v) is 7.20. The van der Waals surface area contributed by atoms with Crippen molar-refractivity contribution in [3.8, 4) is 0 Å². The Balaban J connectivity index is 2.28. The molecule has 19 heavy (non-hydrogen) atoms. The van der Waals surface area contributed by atoms with E-state index in [2.05, 4.69) is 15.1 Å². The Hall–Kier alpha value is -1.17. The molecule has 2 aromatic heterocycles.